The molecule has 198 valence electrons. The Balaban J connectivity index is 1.27. The molecule has 39 heavy (non-hydrogen) atoms. The van der Waals surface area contributed by atoms with Crippen molar-refractivity contribution in [3.05, 3.63) is 101 Å². The number of furan rings is 1. The zero-order valence-electron chi connectivity index (χ0n) is 21.9. The van der Waals surface area contributed by atoms with Gasteiger partial charge in [-0.2, -0.15) is 0 Å². The van der Waals surface area contributed by atoms with Gasteiger partial charge in [0, 0.05) is 42.5 Å². The number of hydrogen-bond donors (Lipinski definition) is 1. The lowest BCUT2D eigenvalue weighted by atomic mass is 9.91. The van der Waals surface area contributed by atoms with Gasteiger partial charge in [-0.1, -0.05) is 18.2 Å². The second-order valence-electron chi connectivity index (χ2n) is 10.5. The Morgan fingerprint density at radius 2 is 1.92 bits per heavy atom. The molecule has 8 heteroatoms. The molecule has 0 fully saturated rings. The van der Waals surface area contributed by atoms with E-state index in [0.29, 0.717) is 24.8 Å². The van der Waals surface area contributed by atoms with E-state index in [1.54, 1.807) is 23.4 Å². The molecule has 4 aromatic rings. The number of aryl methyl sites for hydroxylation is 2. The quantitative estimate of drug-likeness (QED) is 0.388. The second-order valence-corrected chi connectivity index (χ2v) is 10.5. The van der Waals surface area contributed by atoms with Gasteiger partial charge in [0.05, 0.1) is 17.3 Å². The largest absolute Gasteiger partial charge is 0.459 e. The molecule has 2 aromatic heterocycles. The van der Waals surface area contributed by atoms with Gasteiger partial charge in [-0.15, -0.1) is 0 Å². The van der Waals surface area contributed by atoms with Crippen LogP contribution in [0.25, 0.3) is 16.6 Å². The van der Waals surface area contributed by atoms with Crippen molar-refractivity contribution in [1.82, 2.24) is 20.2 Å². The fraction of sp³-hybridized carbons (Fsp3) is 0.290. The van der Waals surface area contributed by atoms with E-state index in [2.05, 4.69) is 15.3 Å². The van der Waals surface area contributed by atoms with E-state index in [1.165, 1.54) is 12.3 Å². The molecule has 0 spiro atoms. The lowest BCUT2D eigenvalue weighted by molar-refractivity contribution is -0.126. The van der Waals surface area contributed by atoms with E-state index in [-0.39, 0.29) is 42.4 Å². The summed E-state index contributed by atoms with van der Waals surface area (Å²) in [7, 11) is 0. The van der Waals surface area contributed by atoms with Gasteiger partial charge in [0.1, 0.15) is 11.9 Å². The number of nitrogens with one attached hydrogen (secondary N) is 1. The Hall–Kier alpha value is -4.33. The van der Waals surface area contributed by atoms with Crippen LogP contribution in [0.5, 0.6) is 0 Å². The molecule has 0 saturated carbocycles. The Morgan fingerprint density at radius 3 is 2.74 bits per heavy atom. The van der Waals surface area contributed by atoms with Crippen molar-refractivity contribution in [2.24, 2.45) is 0 Å². The maximum atomic E-state index is 14.8. The molecule has 0 saturated heterocycles. The van der Waals surface area contributed by atoms with Gasteiger partial charge in [-0.05, 0) is 79.6 Å². The molecule has 0 radical (unpaired) electrons. The highest BCUT2D eigenvalue weighted by Gasteiger charge is 2.41. The number of hydrogen-bond acceptors (Lipinski definition) is 5. The number of aromatic nitrogens is 2. The van der Waals surface area contributed by atoms with Gasteiger partial charge in [-0.3, -0.25) is 19.6 Å². The van der Waals surface area contributed by atoms with Gasteiger partial charge < -0.3 is 14.6 Å². The van der Waals surface area contributed by atoms with Crippen molar-refractivity contribution < 1.29 is 18.4 Å². The third-order valence-electron chi connectivity index (χ3n) is 7.52. The van der Waals surface area contributed by atoms with E-state index in [0.717, 1.165) is 38.9 Å². The minimum atomic E-state index is -0.763. The Morgan fingerprint density at radius 1 is 1.10 bits per heavy atom. The van der Waals surface area contributed by atoms with Crippen molar-refractivity contribution in [3.63, 3.8) is 0 Å². The van der Waals surface area contributed by atoms with E-state index in [1.807, 2.05) is 44.2 Å². The van der Waals surface area contributed by atoms with Crippen LogP contribution in [0.15, 0.2) is 71.1 Å². The number of nitrogens with zero attached hydrogens (tertiary/aromatic N) is 3. The van der Waals surface area contributed by atoms with E-state index in [9.17, 15) is 14.0 Å². The molecule has 1 atom stereocenters. The smallest absolute Gasteiger partial charge is 0.290 e. The molecule has 1 N–H and O–H groups in total. The number of fused-ring (bicyclic) bond motifs is 3. The van der Waals surface area contributed by atoms with Crippen LogP contribution in [0.4, 0.5) is 4.39 Å². The zero-order chi connectivity index (χ0) is 27.1. The number of amides is 2. The van der Waals surface area contributed by atoms with E-state index < -0.39 is 6.04 Å². The van der Waals surface area contributed by atoms with Crippen molar-refractivity contribution in [2.45, 2.75) is 51.6 Å². The summed E-state index contributed by atoms with van der Waals surface area (Å²) >= 11 is 0. The molecule has 1 aliphatic heterocycles. The SMILES string of the molecule is CC(C)NC(=O)[C@H]1CC2=C(Cc3cccc(F)c32)CN1C(=O)c1occc1CCc1ccc2nccnc2c1. The Labute approximate surface area is 225 Å². The lowest BCUT2D eigenvalue weighted by Gasteiger charge is -2.36. The summed E-state index contributed by atoms with van der Waals surface area (Å²) < 4.78 is 20.5. The summed E-state index contributed by atoms with van der Waals surface area (Å²) in [5, 5.41) is 2.95. The predicted molar refractivity (Wildman–Crippen MR) is 145 cm³/mol. The topological polar surface area (TPSA) is 88.3 Å². The number of carbonyl (C=O) groups is 2. The molecule has 1 aliphatic carbocycles. The number of rotatable bonds is 6. The Bertz CT molecular complexity index is 1620. The van der Waals surface area contributed by atoms with E-state index in [4.69, 9.17) is 4.42 Å². The van der Waals surface area contributed by atoms with Crippen LogP contribution in [0.3, 0.4) is 0 Å². The average molecular weight is 525 g/mol. The van der Waals surface area contributed by atoms with Crippen LogP contribution < -0.4 is 5.32 Å². The molecule has 2 aromatic carbocycles. The van der Waals surface area contributed by atoms with Gasteiger partial charge in [0.25, 0.3) is 5.91 Å². The summed E-state index contributed by atoms with van der Waals surface area (Å²) in [6.45, 7) is 4.01. The fourth-order valence-electron chi connectivity index (χ4n) is 5.71. The lowest BCUT2D eigenvalue weighted by Crippen LogP contribution is -2.53. The number of benzene rings is 2. The second kappa shape index (κ2) is 10.1. The highest BCUT2D eigenvalue weighted by Crippen LogP contribution is 2.42. The van der Waals surface area contributed by atoms with Gasteiger partial charge in [0.15, 0.2) is 5.76 Å². The summed E-state index contributed by atoms with van der Waals surface area (Å²) in [5.74, 6) is -0.622. The van der Waals surface area contributed by atoms with Crippen LogP contribution in [-0.4, -0.2) is 45.3 Å². The molecule has 0 bridgehead atoms. The van der Waals surface area contributed by atoms with Crippen molar-refractivity contribution in [2.75, 3.05) is 6.54 Å². The van der Waals surface area contributed by atoms with Crippen molar-refractivity contribution in [3.8, 4) is 0 Å². The van der Waals surface area contributed by atoms with E-state index >= 15 is 0 Å². The highest BCUT2D eigenvalue weighted by atomic mass is 19.1. The molecule has 6 rings (SSSR count). The van der Waals surface area contributed by atoms with Crippen LogP contribution >= 0.6 is 0 Å². The first kappa shape index (κ1) is 25.0. The maximum absolute atomic E-state index is 14.8. The molecular formula is C31H29FN4O3. The monoisotopic (exact) mass is 524 g/mol. The molecule has 2 amide bonds. The average Bonchev–Trinajstić information content (AvgIpc) is 3.55. The summed E-state index contributed by atoms with van der Waals surface area (Å²) in [5.41, 5.74) is 6.81. The predicted octanol–water partition coefficient (Wildman–Crippen LogP) is 4.90. The fourth-order valence-corrected chi connectivity index (χ4v) is 5.71. The summed E-state index contributed by atoms with van der Waals surface area (Å²) in [4.78, 5) is 37.5. The molecule has 2 aliphatic rings. The number of halogens is 1. The standard InChI is InChI=1S/C31H29FN4O3/c1-18(2)35-30(37)27-16-23-22(15-21-4-3-5-24(32)28(21)23)17-36(27)31(38)29-20(10-13-39-29)8-6-19-7-9-25-26(14-19)34-12-11-33-25/h3-5,7,9-14,18,27H,6,8,15-17H2,1-2H3,(H,35,37)/t27-/m1/s1. The summed E-state index contributed by atoms with van der Waals surface area (Å²) in [6.07, 6.45) is 6.97. The molecular weight excluding hydrogens is 495 g/mol. The van der Waals surface area contributed by atoms with Gasteiger partial charge >= 0.3 is 0 Å². The molecule has 0 unspecified atom stereocenters. The first-order valence-electron chi connectivity index (χ1n) is 13.2. The van der Waals surface area contributed by atoms with Crippen molar-refractivity contribution in [1.29, 1.82) is 0 Å². The van der Waals surface area contributed by atoms with Crippen LogP contribution in [0, 0.1) is 5.82 Å². The highest BCUT2D eigenvalue weighted by molar-refractivity contribution is 5.99. The zero-order valence-corrected chi connectivity index (χ0v) is 21.9. The van der Waals surface area contributed by atoms with Gasteiger partial charge in [-0.25, -0.2) is 4.39 Å². The van der Waals surface area contributed by atoms with Crippen LogP contribution in [-0.2, 0) is 24.1 Å². The minimum Gasteiger partial charge on any atom is -0.459 e. The third kappa shape index (κ3) is 4.71. The van der Waals surface area contributed by atoms with Crippen LogP contribution in [0.1, 0.15) is 53.1 Å². The molecule has 7 nitrogen and oxygen atoms in total. The van der Waals surface area contributed by atoms with Crippen molar-refractivity contribution >= 4 is 28.4 Å². The number of carbonyl (C=O) groups excluding carboxylic acids is 2. The normalized spacial score (nSPS) is 16.5. The Kier molecular flexibility index (Phi) is 6.46. The third-order valence-corrected chi connectivity index (χ3v) is 7.52. The summed E-state index contributed by atoms with van der Waals surface area (Å²) in [6, 6.07) is 12.0. The molecule has 3 heterocycles. The first-order chi connectivity index (χ1) is 18.9. The minimum absolute atomic E-state index is 0.0942. The maximum Gasteiger partial charge on any atom is 0.290 e. The first-order valence-corrected chi connectivity index (χ1v) is 13.2. The van der Waals surface area contributed by atoms with Crippen LogP contribution in [0.2, 0.25) is 0 Å². The van der Waals surface area contributed by atoms with Gasteiger partial charge in [0.2, 0.25) is 5.91 Å².